The molecular formula is C23H22N2O4S. The zero-order valence-corrected chi connectivity index (χ0v) is 17.4. The first kappa shape index (κ1) is 20.0. The van der Waals surface area contributed by atoms with E-state index < -0.39 is 0 Å². The van der Waals surface area contributed by atoms with Crippen molar-refractivity contribution in [1.29, 1.82) is 0 Å². The molecule has 0 atom stereocenters. The number of hydrogen-bond donors (Lipinski definition) is 1. The van der Waals surface area contributed by atoms with E-state index >= 15 is 0 Å². The first-order valence-corrected chi connectivity index (χ1v) is 10.6. The van der Waals surface area contributed by atoms with Gasteiger partial charge >= 0.3 is 0 Å². The van der Waals surface area contributed by atoms with Gasteiger partial charge in [0.05, 0.1) is 18.7 Å². The molecule has 2 heterocycles. The van der Waals surface area contributed by atoms with E-state index in [0.29, 0.717) is 36.7 Å². The van der Waals surface area contributed by atoms with E-state index in [1.54, 1.807) is 34.4 Å². The van der Waals surface area contributed by atoms with Crippen LogP contribution >= 0.6 is 11.3 Å². The molecule has 6 nitrogen and oxygen atoms in total. The van der Waals surface area contributed by atoms with Crippen molar-refractivity contribution >= 4 is 34.5 Å². The molecule has 0 saturated carbocycles. The summed E-state index contributed by atoms with van der Waals surface area (Å²) < 4.78 is 11.4. The lowest BCUT2D eigenvalue weighted by Gasteiger charge is -2.29. The molecule has 0 unspecified atom stereocenters. The summed E-state index contributed by atoms with van der Waals surface area (Å²) in [5, 5.41) is 4.84. The van der Waals surface area contributed by atoms with Crippen LogP contribution in [0.15, 0.2) is 60.0 Å². The molecular weight excluding hydrogens is 400 g/mol. The highest BCUT2D eigenvalue weighted by Crippen LogP contribution is 2.34. The van der Waals surface area contributed by atoms with Gasteiger partial charge in [0.1, 0.15) is 18.1 Å². The molecule has 0 radical (unpaired) electrons. The van der Waals surface area contributed by atoms with Gasteiger partial charge in [-0.05, 0) is 54.3 Å². The summed E-state index contributed by atoms with van der Waals surface area (Å²) in [5.74, 6) is 1.14. The summed E-state index contributed by atoms with van der Waals surface area (Å²) in [6, 6.07) is 17.0. The number of anilines is 2. The molecule has 30 heavy (non-hydrogen) atoms. The Labute approximate surface area is 179 Å². The Hall–Kier alpha value is -3.32. The molecule has 4 rings (SSSR count). The lowest BCUT2D eigenvalue weighted by Crippen LogP contribution is -2.41. The second kappa shape index (κ2) is 9.00. The predicted molar refractivity (Wildman–Crippen MR) is 118 cm³/mol. The fourth-order valence-electron chi connectivity index (χ4n) is 3.26. The number of ether oxygens (including phenoxy) is 2. The van der Waals surface area contributed by atoms with Crippen LogP contribution in [-0.2, 0) is 16.0 Å². The van der Waals surface area contributed by atoms with Gasteiger partial charge in [0.2, 0.25) is 5.91 Å². The molecule has 1 N–H and O–H groups in total. The van der Waals surface area contributed by atoms with Gasteiger partial charge in [0.25, 0.3) is 5.91 Å². The number of thiophene rings is 1. The van der Waals surface area contributed by atoms with Crippen LogP contribution in [0.1, 0.15) is 10.4 Å². The number of nitrogens with one attached hydrogen (secondary N) is 1. The van der Waals surface area contributed by atoms with E-state index in [1.165, 1.54) is 0 Å². The van der Waals surface area contributed by atoms with Gasteiger partial charge in [-0.1, -0.05) is 18.2 Å². The summed E-state index contributed by atoms with van der Waals surface area (Å²) in [6.07, 6.45) is 0.318. The van der Waals surface area contributed by atoms with Gasteiger partial charge in [0.15, 0.2) is 6.61 Å². The number of rotatable bonds is 7. The number of hydrogen-bond acceptors (Lipinski definition) is 5. The van der Waals surface area contributed by atoms with Crippen LogP contribution < -0.4 is 19.7 Å². The molecule has 154 valence electrons. The average molecular weight is 423 g/mol. The average Bonchev–Trinajstić information content (AvgIpc) is 3.22. The number of fused-ring (bicyclic) bond motifs is 1. The molecule has 3 aromatic rings. The van der Waals surface area contributed by atoms with Crippen molar-refractivity contribution in [3.8, 4) is 11.5 Å². The fraction of sp³-hybridized carbons (Fsp3) is 0.217. The van der Waals surface area contributed by atoms with E-state index in [0.717, 1.165) is 16.2 Å². The summed E-state index contributed by atoms with van der Waals surface area (Å²) in [4.78, 5) is 27.4. The predicted octanol–water partition coefficient (Wildman–Crippen LogP) is 4.04. The Morgan fingerprint density at radius 3 is 2.90 bits per heavy atom. The number of nitrogens with zero attached hydrogens (tertiary/aromatic N) is 1. The molecule has 1 aliphatic rings. The van der Waals surface area contributed by atoms with Crippen LogP contribution in [0.2, 0.25) is 0 Å². The van der Waals surface area contributed by atoms with E-state index in [2.05, 4.69) is 5.32 Å². The maximum Gasteiger partial charge on any atom is 0.265 e. The molecule has 1 aliphatic heterocycles. The highest BCUT2D eigenvalue weighted by Gasteiger charge is 2.26. The molecule has 2 aromatic carbocycles. The van der Waals surface area contributed by atoms with Crippen molar-refractivity contribution in [3.63, 3.8) is 0 Å². The van der Waals surface area contributed by atoms with Crippen LogP contribution in [0.25, 0.3) is 0 Å². The lowest BCUT2D eigenvalue weighted by atomic mass is 10.2. The van der Waals surface area contributed by atoms with Crippen molar-refractivity contribution in [3.05, 3.63) is 70.4 Å². The van der Waals surface area contributed by atoms with Crippen molar-refractivity contribution in [2.75, 3.05) is 30.0 Å². The third-order valence-corrected chi connectivity index (χ3v) is 5.55. The van der Waals surface area contributed by atoms with Crippen molar-refractivity contribution in [2.45, 2.75) is 13.3 Å². The van der Waals surface area contributed by atoms with Gasteiger partial charge < -0.3 is 19.7 Å². The maximum atomic E-state index is 12.5. The Balaban J connectivity index is 1.43. The van der Waals surface area contributed by atoms with E-state index in [1.807, 2.05) is 48.7 Å². The normalized spacial score (nSPS) is 12.8. The number of amides is 2. The summed E-state index contributed by atoms with van der Waals surface area (Å²) in [5.41, 5.74) is 2.37. The molecule has 0 bridgehead atoms. The zero-order valence-electron chi connectivity index (χ0n) is 16.6. The fourth-order valence-corrected chi connectivity index (χ4v) is 3.97. The second-order valence-corrected chi connectivity index (χ2v) is 8.02. The SMILES string of the molecule is Cc1cccc(OCCN2C(=O)COc3ccc(NC(=O)Cc4cccs4)cc32)c1. The maximum absolute atomic E-state index is 12.5. The molecule has 1 aromatic heterocycles. The third-order valence-electron chi connectivity index (χ3n) is 4.67. The molecule has 0 saturated heterocycles. The highest BCUT2D eigenvalue weighted by molar-refractivity contribution is 7.10. The lowest BCUT2D eigenvalue weighted by molar-refractivity contribution is -0.121. The number of carbonyl (C=O) groups excluding carboxylic acids is 2. The number of benzene rings is 2. The minimum Gasteiger partial charge on any atom is -0.492 e. The van der Waals surface area contributed by atoms with Gasteiger partial charge in [-0.2, -0.15) is 0 Å². The van der Waals surface area contributed by atoms with Gasteiger partial charge in [-0.3, -0.25) is 9.59 Å². The Morgan fingerprint density at radius 2 is 2.10 bits per heavy atom. The molecule has 0 fully saturated rings. The first-order chi connectivity index (χ1) is 14.6. The topological polar surface area (TPSA) is 67.9 Å². The zero-order chi connectivity index (χ0) is 20.9. The largest absolute Gasteiger partial charge is 0.492 e. The van der Waals surface area contributed by atoms with Gasteiger partial charge in [-0.15, -0.1) is 11.3 Å². The smallest absolute Gasteiger partial charge is 0.265 e. The van der Waals surface area contributed by atoms with Crippen molar-refractivity contribution in [2.24, 2.45) is 0 Å². The van der Waals surface area contributed by atoms with Gasteiger partial charge in [0, 0.05) is 10.6 Å². The van der Waals surface area contributed by atoms with Crippen LogP contribution in [0.3, 0.4) is 0 Å². The van der Waals surface area contributed by atoms with E-state index in [-0.39, 0.29) is 18.4 Å². The molecule has 0 spiro atoms. The number of carbonyl (C=O) groups is 2. The molecule has 7 heteroatoms. The second-order valence-electron chi connectivity index (χ2n) is 6.99. The Morgan fingerprint density at radius 1 is 1.20 bits per heavy atom. The summed E-state index contributed by atoms with van der Waals surface area (Å²) in [6.45, 7) is 2.73. The van der Waals surface area contributed by atoms with E-state index in [4.69, 9.17) is 9.47 Å². The summed E-state index contributed by atoms with van der Waals surface area (Å²) >= 11 is 1.55. The highest BCUT2D eigenvalue weighted by atomic mass is 32.1. The molecule has 0 aliphatic carbocycles. The quantitative estimate of drug-likeness (QED) is 0.624. The van der Waals surface area contributed by atoms with Crippen molar-refractivity contribution in [1.82, 2.24) is 0 Å². The summed E-state index contributed by atoms with van der Waals surface area (Å²) in [7, 11) is 0. The van der Waals surface area contributed by atoms with Gasteiger partial charge in [-0.25, -0.2) is 0 Å². The minimum absolute atomic E-state index is 0.0124. The Bertz CT molecular complexity index is 1050. The van der Waals surface area contributed by atoms with Crippen LogP contribution in [0.5, 0.6) is 11.5 Å². The van der Waals surface area contributed by atoms with Crippen LogP contribution in [-0.4, -0.2) is 31.6 Å². The first-order valence-electron chi connectivity index (χ1n) is 9.67. The number of aryl methyl sites for hydroxylation is 1. The standard InChI is InChI=1S/C23H22N2O4S/c1-16-4-2-5-18(12-16)28-10-9-25-20-13-17(7-8-21(20)29-15-23(25)27)24-22(26)14-19-6-3-11-30-19/h2-8,11-13H,9-10,14-15H2,1H3,(H,24,26). The van der Waals surface area contributed by atoms with E-state index in [9.17, 15) is 9.59 Å². The third kappa shape index (κ3) is 4.80. The minimum atomic E-state index is -0.141. The van der Waals surface area contributed by atoms with Crippen LogP contribution in [0, 0.1) is 6.92 Å². The molecule has 2 amide bonds. The monoisotopic (exact) mass is 422 g/mol. The van der Waals surface area contributed by atoms with Crippen LogP contribution in [0.4, 0.5) is 11.4 Å². The Kier molecular flexibility index (Phi) is 5.99. The van der Waals surface area contributed by atoms with Crippen molar-refractivity contribution < 1.29 is 19.1 Å².